The molecule has 0 aromatic heterocycles. The number of ether oxygens (including phenoxy) is 1. The topological polar surface area (TPSA) is 36.3 Å². The first kappa shape index (κ1) is 14.9. The highest BCUT2D eigenvalue weighted by molar-refractivity contribution is 5.36. The van der Waals surface area contributed by atoms with Gasteiger partial charge in [0.25, 0.3) is 0 Å². The Morgan fingerprint density at radius 3 is 3.00 bits per heavy atom. The molecule has 1 saturated heterocycles. The summed E-state index contributed by atoms with van der Waals surface area (Å²) in [5, 5.41) is 8.85. The zero-order valence-corrected chi connectivity index (χ0v) is 12.5. The van der Waals surface area contributed by atoms with Crippen LogP contribution in [0.5, 0.6) is 5.75 Å². The smallest absolute Gasteiger partial charge is 0.120 e. The fraction of sp³-hybridized carbons (Fsp3) is 0.588. The van der Waals surface area contributed by atoms with E-state index in [0.717, 1.165) is 24.6 Å². The van der Waals surface area contributed by atoms with Gasteiger partial charge in [0.05, 0.1) is 18.2 Å². The first-order valence-corrected chi connectivity index (χ1v) is 7.56. The summed E-state index contributed by atoms with van der Waals surface area (Å²) in [6, 6.07) is 10.2. The van der Waals surface area contributed by atoms with E-state index in [2.05, 4.69) is 24.8 Å². The molecular weight excluding hydrogens is 248 g/mol. The number of hydrogen-bond acceptors (Lipinski definition) is 3. The SMILES string of the molecule is CC1CCC(C)N(CCCOc2cccc(C#N)c2)C1. The molecule has 0 radical (unpaired) electrons. The van der Waals surface area contributed by atoms with Crippen LogP contribution < -0.4 is 4.74 Å². The van der Waals surface area contributed by atoms with Crippen molar-refractivity contribution in [1.82, 2.24) is 4.90 Å². The third kappa shape index (κ3) is 4.25. The van der Waals surface area contributed by atoms with E-state index in [0.29, 0.717) is 18.2 Å². The fourth-order valence-electron chi connectivity index (χ4n) is 2.80. The lowest BCUT2D eigenvalue weighted by molar-refractivity contribution is 0.116. The van der Waals surface area contributed by atoms with Crippen molar-refractivity contribution in [3.8, 4) is 11.8 Å². The highest BCUT2D eigenvalue weighted by atomic mass is 16.5. The van der Waals surface area contributed by atoms with Crippen LogP contribution in [0.25, 0.3) is 0 Å². The summed E-state index contributed by atoms with van der Waals surface area (Å²) >= 11 is 0. The van der Waals surface area contributed by atoms with Gasteiger partial charge in [-0.1, -0.05) is 13.0 Å². The fourth-order valence-corrected chi connectivity index (χ4v) is 2.80. The van der Waals surface area contributed by atoms with Crippen molar-refractivity contribution in [3.63, 3.8) is 0 Å². The van der Waals surface area contributed by atoms with Crippen molar-refractivity contribution in [1.29, 1.82) is 5.26 Å². The summed E-state index contributed by atoms with van der Waals surface area (Å²) in [6.07, 6.45) is 3.70. The van der Waals surface area contributed by atoms with Gasteiger partial charge in [-0.05, 0) is 50.3 Å². The monoisotopic (exact) mass is 272 g/mol. The predicted octanol–water partition coefficient (Wildman–Crippen LogP) is 3.45. The van der Waals surface area contributed by atoms with Crippen LogP contribution in [0, 0.1) is 17.2 Å². The average molecular weight is 272 g/mol. The minimum atomic E-state index is 0.654. The van der Waals surface area contributed by atoms with Crippen LogP contribution in [-0.2, 0) is 0 Å². The van der Waals surface area contributed by atoms with E-state index < -0.39 is 0 Å². The molecule has 1 fully saturated rings. The van der Waals surface area contributed by atoms with Crippen LogP contribution in [0.4, 0.5) is 0 Å². The van der Waals surface area contributed by atoms with E-state index in [1.165, 1.54) is 19.4 Å². The van der Waals surface area contributed by atoms with Gasteiger partial charge in [0.2, 0.25) is 0 Å². The molecule has 2 rings (SSSR count). The molecule has 0 N–H and O–H groups in total. The Bertz CT molecular complexity index is 466. The Labute approximate surface area is 122 Å². The van der Waals surface area contributed by atoms with E-state index in [1.807, 2.05) is 12.1 Å². The molecule has 2 unspecified atom stereocenters. The molecule has 108 valence electrons. The molecule has 1 aliphatic heterocycles. The number of nitrogens with zero attached hydrogens (tertiary/aromatic N) is 2. The van der Waals surface area contributed by atoms with Crippen molar-refractivity contribution in [2.45, 2.75) is 39.2 Å². The molecule has 1 heterocycles. The maximum atomic E-state index is 8.85. The molecule has 1 aromatic rings. The number of piperidine rings is 1. The minimum Gasteiger partial charge on any atom is -0.494 e. The number of benzene rings is 1. The van der Waals surface area contributed by atoms with E-state index in [1.54, 1.807) is 12.1 Å². The van der Waals surface area contributed by atoms with Gasteiger partial charge in [0, 0.05) is 19.1 Å². The number of likely N-dealkylation sites (tertiary alicyclic amines) is 1. The zero-order valence-electron chi connectivity index (χ0n) is 12.5. The van der Waals surface area contributed by atoms with E-state index >= 15 is 0 Å². The van der Waals surface area contributed by atoms with E-state index in [9.17, 15) is 0 Å². The first-order valence-electron chi connectivity index (χ1n) is 7.56. The van der Waals surface area contributed by atoms with E-state index in [4.69, 9.17) is 10.00 Å². The van der Waals surface area contributed by atoms with Gasteiger partial charge in [-0.3, -0.25) is 0 Å². The summed E-state index contributed by atoms with van der Waals surface area (Å²) in [6.45, 7) is 7.69. The number of hydrogen-bond donors (Lipinski definition) is 0. The zero-order chi connectivity index (χ0) is 14.4. The summed E-state index contributed by atoms with van der Waals surface area (Å²) in [7, 11) is 0. The van der Waals surface area contributed by atoms with Crippen molar-refractivity contribution in [3.05, 3.63) is 29.8 Å². The van der Waals surface area contributed by atoms with E-state index in [-0.39, 0.29) is 0 Å². The van der Waals surface area contributed by atoms with Gasteiger partial charge >= 0.3 is 0 Å². The Balaban J connectivity index is 1.72. The predicted molar refractivity (Wildman–Crippen MR) is 80.7 cm³/mol. The normalized spacial score (nSPS) is 23.2. The summed E-state index contributed by atoms with van der Waals surface area (Å²) in [5.41, 5.74) is 0.654. The molecule has 0 amide bonds. The van der Waals surface area contributed by atoms with Crippen LogP contribution in [0.15, 0.2) is 24.3 Å². The summed E-state index contributed by atoms with van der Waals surface area (Å²) in [4.78, 5) is 2.57. The molecule has 1 aliphatic rings. The van der Waals surface area contributed by atoms with Crippen molar-refractivity contribution < 1.29 is 4.74 Å². The largest absolute Gasteiger partial charge is 0.494 e. The molecule has 0 spiro atoms. The Morgan fingerprint density at radius 2 is 2.20 bits per heavy atom. The summed E-state index contributed by atoms with van der Waals surface area (Å²) in [5.74, 6) is 1.61. The Morgan fingerprint density at radius 1 is 1.35 bits per heavy atom. The lowest BCUT2D eigenvalue weighted by Gasteiger charge is -2.36. The molecule has 0 saturated carbocycles. The van der Waals surface area contributed by atoms with Crippen molar-refractivity contribution in [2.24, 2.45) is 5.92 Å². The van der Waals surface area contributed by atoms with Crippen LogP contribution in [0.2, 0.25) is 0 Å². The second-order valence-electron chi connectivity index (χ2n) is 5.87. The third-order valence-corrected chi connectivity index (χ3v) is 4.07. The van der Waals surface area contributed by atoms with Crippen LogP contribution in [-0.4, -0.2) is 30.6 Å². The van der Waals surface area contributed by atoms with Crippen molar-refractivity contribution in [2.75, 3.05) is 19.7 Å². The molecule has 2 atom stereocenters. The van der Waals surface area contributed by atoms with Crippen LogP contribution in [0.1, 0.15) is 38.7 Å². The van der Waals surface area contributed by atoms with Crippen LogP contribution >= 0.6 is 0 Å². The van der Waals surface area contributed by atoms with Crippen molar-refractivity contribution >= 4 is 0 Å². The van der Waals surface area contributed by atoms with Crippen LogP contribution in [0.3, 0.4) is 0 Å². The standard InChI is InChI=1S/C17H24N2O/c1-14-7-8-15(2)19(13-14)9-4-10-20-17-6-3-5-16(11-17)12-18/h3,5-6,11,14-15H,4,7-10,13H2,1-2H3. The molecule has 3 heteroatoms. The molecule has 0 aliphatic carbocycles. The maximum Gasteiger partial charge on any atom is 0.120 e. The van der Waals surface area contributed by atoms with Gasteiger partial charge in [0.1, 0.15) is 5.75 Å². The Hall–Kier alpha value is -1.53. The van der Waals surface area contributed by atoms with Gasteiger partial charge in [-0.25, -0.2) is 0 Å². The maximum absolute atomic E-state index is 8.85. The highest BCUT2D eigenvalue weighted by Crippen LogP contribution is 2.21. The first-order chi connectivity index (χ1) is 9.69. The Kier molecular flexibility index (Phi) is 5.43. The van der Waals surface area contributed by atoms with Gasteiger partial charge in [0.15, 0.2) is 0 Å². The lowest BCUT2D eigenvalue weighted by atomic mass is 9.95. The quantitative estimate of drug-likeness (QED) is 0.770. The van der Waals surface area contributed by atoms with Gasteiger partial charge in [-0.15, -0.1) is 0 Å². The number of rotatable bonds is 5. The lowest BCUT2D eigenvalue weighted by Crippen LogP contribution is -2.41. The summed E-state index contributed by atoms with van der Waals surface area (Å²) < 4.78 is 5.72. The highest BCUT2D eigenvalue weighted by Gasteiger charge is 2.21. The second-order valence-corrected chi connectivity index (χ2v) is 5.87. The molecule has 20 heavy (non-hydrogen) atoms. The molecule has 3 nitrogen and oxygen atoms in total. The third-order valence-electron chi connectivity index (χ3n) is 4.07. The average Bonchev–Trinajstić information content (AvgIpc) is 2.47. The molecule has 1 aromatic carbocycles. The molecular formula is C17H24N2O. The molecule has 0 bridgehead atoms. The minimum absolute atomic E-state index is 0.654. The number of nitriles is 1. The van der Waals surface area contributed by atoms with Gasteiger partial charge in [-0.2, -0.15) is 5.26 Å². The van der Waals surface area contributed by atoms with Gasteiger partial charge < -0.3 is 9.64 Å². The second kappa shape index (κ2) is 7.31.